The van der Waals surface area contributed by atoms with Gasteiger partial charge in [-0.2, -0.15) is 5.26 Å². The van der Waals surface area contributed by atoms with Gasteiger partial charge in [-0.05, 0) is 23.7 Å². The molecule has 0 fully saturated rings. The normalized spacial score (nSPS) is 9.33. The average molecular weight is 279 g/mol. The highest BCUT2D eigenvalue weighted by Gasteiger charge is 2.09. The number of pyridine rings is 1. The Balaban J connectivity index is 2.50. The van der Waals surface area contributed by atoms with Crippen LogP contribution in [-0.2, 0) is 4.74 Å². The summed E-state index contributed by atoms with van der Waals surface area (Å²) in [6.45, 7) is 0. The quantitative estimate of drug-likeness (QED) is 0.371. The highest BCUT2D eigenvalue weighted by Crippen LogP contribution is 2.26. The van der Waals surface area contributed by atoms with Crippen molar-refractivity contribution in [2.75, 3.05) is 7.11 Å². The van der Waals surface area contributed by atoms with E-state index in [4.69, 9.17) is 10.8 Å². The SMILES string of the molecule is COC(=O)c1ccnc(-c2ccc(N=[N+]=[N-])c(C#N)c2)c1. The Bertz CT molecular complexity index is 788. The number of benzene rings is 1. The van der Waals surface area contributed by atoms with Gasteiger partial charge in [-0.1, -0.05) is 17.2 Å². The zero-order valence-electron chi connectivity index (χ0n) is 11.0. The third kappa shape index (κ3) is 2.97. The van der Waals surface area contributed by atoms with Gasteiger partial charge in [0, 0.05) is 16.7 Å². The van der Waals surface area contributed by atoms with Gasteiger partial charge in [0.05, 0.1) is 35.7 Å². The van der Waals surface area contributed by atoms with Gasteiger partial charge in [0.15, 0.2) is 0 Å². The van der Waals surface area contributed by atoms with E-state index in [1.165, 1.54) is 25.4 Å². The standard InChI is InChI=1S/C14H9N5O2/c1-21-14(20)10-4-5-17-13(7-10)9-2-3-12(18-19-16)11(6-9)8-15/h2-7H,1H3. The van der Waals surface area contributed by atoms with E-state index in [-0.39, 0.29) is 11.3 Å². The summed E-state index contributed by atoms with van der Waals surface area (Å²) < 4.78 is 4.65. The van der Waals surface area contributed by atoms with Crippen molar-refractivity contribution in [2.24, 2.45) is 5.11 Å². The van der Waals surface area contributed by atoms with E-state index in [0.717, 1.165) is 0 Å². The molecule has 0 unspecified atom stereocenters. The van der Waals surface area contributed by atoms with E-state index in [9.17, 15) is 4.79 Å². The minimum absolute atomic E-state index is 0.232. The fourth-order valence-corrected chi connectivity index (χ4v) is 1.75. The van der Waals surface area contributed by atoms with Gasteiger partial charge in [0.2, 0.25) is 0 Å². The first-order valence-corrected chi connectivity index (χ1v) is 5.83. The number of hydrogen-bond acceptors (Lipinski definition) is 5. The Morgan fingerprint density at radius 1 is 1.43 bits per heavy atom. The molecule has 0 atom stereocenters. The van der Waals surface area contributed by atoms with Gasteiger partial charge < -0.3 is 4.74 Å². The van der Waals surface area contributed by atoms with Gasteiger partial charge in [0.25, 0.3) is 0 Å². The molecule has 0 aliphatic heterocycles. The number of hydrogen-bond donors (Lipinski definition) is 0. The molecule has 0 aliphatic rings. The molecule has 1 aromatic carbocycles. The predicted molar refractivity (Wildman–Crippen MR) is 74.5 cm³/mol. The summed E-state index contributed by atoms with van der Waals surface area (Å²) in [5, 5.41) is 12.5. The van der Waals surface area contributed by atoms with Crippen molar-refractivity contribution >= 4 is 11.7 Å². The molecule has 7 heteroatoms. The van der Waals surface area contributed by atoms with Crippen molar-refractivity contribution in [3.63, 3.8) is 0 Å². The van der Waals surface area contributed by atoms with Crippen molar-refractivity contribution in [1.82, 2.24) is 4.98 Å². The molecular weight excluding hydrogens is 270 g/mol. The van der Waals surface area contributed by atoms with Crippen LogP contribution in [0, 0.1) is 11.3 Å². The van der Waals surface area contributed by atoms with Crippen LogP contribution in [0.25, 0.3) is 21.7 Å². The van der Waals surface area contributed by atoms with Crippen LogP contribution in [0.3, 0.4) is 0 Å². The number of ether oxygens (including phenoxy) is 1. The molecule has 0 spiro atoms. The fraction of sp³-hybridized carbons (Fsp3) is 0.0714. The van der Waals surface area contributed by atoms with E-state index in [1.807, 2.05) is 6.07 Å². The maximum absolute atomic E-state index is 11.5. The number of carbonyl (C=O) groups is 1. The van der Waals surface area contributed by atoms with Crippen molar-refractivity contribution < 1.29 is 9.53 Å². The molecule has 0 amide bonds. The second-order valence-corrected chi connectivity index (χ2v) is 3.95. The molecule has 0 bridgehead atoms. The largest absolute Gasteiger partial charge is 0.465 e. The lowest BCUT2D eigenvalue weighted by atomic mass is 10.1. The molecule has 7 nitrogen and oxygen atoms in total. The summed E-state index contributed by atoms with van der Waals surface area (Å²) in [7, 11) is 1.30. The van der Waals surface area contributed by atoms with Crippen LogP contribution in [0.2, 0.25) is 0 Å². The van der Waals surface area contributed by atoms with Crippen LogP contribution in [0.4, 0.5) is 5.69 Å². The van der Waals surface area contributed by atoms with Gasteiger partial charge in [-0.15, -0.1) is 0 Å². The minimum atomic E-state index is -0.468. The zero-order valence-corrected chi connectivity index (χ0v) is 11.0. The zero-order chi connectivity index (χ0) is 15.2. The Hall–Kier alpha value is -3.36. The maximum Gasteiger partial charge on any atom is 0.337 e. The van der Waals surface area contributed by atoms with E-state index in [2.05, 4.69) is 19.7 Å². The van der Waals surface area contributed by atoms with Crippen LogP contribution < -0.4 is 0 Å². The fourth-order valence-electron chi connectivity index (χ4n) is 1.75. The molecule has 102 valence electrons. The number of nitriles is 1. The Morgan fingerprint density at radius 2 is 2.24 bits per heavy atom. The van der Waals surface area contributed by atoms with Crippen LogP contribution in [0.5, 0.6) is 0 Å². The summed E-state index contributed by atoms with van der Waals surface area (Å²) in [6, 6.07) is 9.79. The topological polar surface area (TPSA) is 112 Å². The van der Waals surface area contributed by atoms with E-state index in [0.29, 0.717) is 16.8 Å². The second-order valence-electron chi connectivity index (χ2n) is 3.95. The van der Waals surface area contributed by atoms with E-state index in [1.54, 1.807) is 18.2 Å². The highest BCUT2D eigenvalue weighted by molar-refractivity contribution is 5.90. The molecule has 0 N–H and O–H groups in total. The molecule has 1 aromatic heterocycles. The molecule has 2 aromatic rings. The van der Waals surface area contributed by atoms with Gasteiger partial charge >= 0.3 is 5.97 Å². The smallest absolute Gasteiger partial charge is 0.337 e. The van der Waals surface area contributed by atoms with Gasteiger partial charge in [-0.3, -0.25) is 4.98 Å². The van der Waals surface area contributed by atoms with Crippen LogP contribution >= 0.6 is 0 Å². The Kier molecular flexibility index (Phi) is 4.14. The minimum Gasteiger partial charge on any atom is -0.465 e. The number of methoxy groups -OCH3 is 1. The number of nitrogens with zero attached hydrogens (tertiary/aromatic N) is 5. The molecular formula is C14H9N5O2. The van der Waals surface area contributed by atoms with Crippen LogP contribution in [-0.4, -0.2) is 18.1 Å². The Morgan fingerprint density at radius 3 is 2.90 bits per heavy atom. The van der Waals surface area contributed by atoms with E-state index < -0.39 is 5.97 Å². The number of aromatic nitrogens is 1. The number of carbonyl (C=O) groups excluding carboxylic acids is 1. The molecule has 0 radical (unpaired) electrons. The number of esters is 1. The monoisotopic (exact) mass is 279 g/mol. The third-order valence-electron chi connectivity index (χ3n) is 2.75. The van der Waals surface area contributed by atoms with Crippen molar-refractivity contribution in [1.29, 1.82) is 5.26 Å². The predicted octanol–water partition coefficient (Wildman–Crippen LogP) is 3.35. The average Bonchev–Trinajstić information content (AvgIpc) is 2.54. The molecule has 0 saturated carbocycles. The van der Waals surface area contributed by atoms with Crippen molar-refractivity contribution in [3.05, 3.63) is 58.1 Å². The third-order valence-corrected chi connectivity index (χ3v) is 2.75. The van der Waals surface area contributed by atoms with Gasteiger partial charge in [-0.25, -0.2) is 4.79 Å². The molecule has 0 aliphatic carbocycles. The Labute approximate surface area is 120 Å². The second kappa shape index (κ2) is 6.19. The number of azide groups is 1. The molecule has 0 saturated heterocycles. The maximum atomic E-state index is 11.5. The summed E-state index contributed by atoms with van der Waals surface area (Å²) in [5.74, 6) is -0.468. The lowest BCUT2D eigenvalue weighted by Gasteiger charge is -2.05. The van der Waals surface area contributed by atoms with Crippen molar-refractivity contribution in [2.45, 2.75) is 0 Å². The first-order valence-electron chi connectivity index (χ1n) is 5.83. The summed E-state index contributed by atoms with van der Waals surface area (Å²) >= 11 is 0. The van der Waals surface area contributed by atoms with E-state index >= 15 is 0 Å². The summed E-state index contributed by atoms with van der Waals surface area (Å²) in [5.41, 5.74) is 10.4. The molecule has 21 heavy (non-hydrogen) atoms. The van der Waals surface area contributed by atoms with Crippen LogP contribution in [0.1, 0.15) is 15.9 Å². The lowest BCUT2D eigenvalue weighted by molar-refractivity contribution is 0.0600. The molecule has 1 heterocycles. The summed E-state index contributed by atoms with van der Waals surface area (Å²) in [4.78, 5) is 18.3. The molecule has 2 rings (SSSR count). The van der Waals surface area contributed by atoms with Gasteiger partial charge in [0.1, 0.15) is 0 Å². The highest BCUT2D eigenvalue weighted by atomic mass is 16.5. The first kappa shape index (κ1) is 14.1. The number of rotatable bonds is 3. The van der Waals surface area contributed by atoms with Crippen LogP contribution in [0.15, 0.2) is 41.6 Å². The first-order chi connectivity index (χ1) is 10.2. The lowest BCUT2D eigenvalue weighted by Crippen LogP contribution is -2.01. The van der Waals surface area contributed by atoms with Crippen molar-refractivity contribution in [3.8, 4) is 17.3 Å². The summed E-state index contributed by atoms with van der Waals surface area (Å²) in [6.07, 6.45) is 1.48.